The maximum atomic E-state index is 4.19. The van der Waals surface area contributed by atoms with Crippen molar-refractivity contribution in [1.29, 1.82) is 0 Å². The molecule has 0 aromatic heterocycles. The van der Waals surface area contributed by atoms with Gasteiger partial charge in [0.25, 0.3) is 0 Å². The molecule has 1 heterocycles. The molecule has 0 N–H and O–H groups in total. The van der Waals surface area contributed by atoms with E-state index in [9.17, 15) is 0 Å². The van der Waals surface area contributed by atoms with E-state index in [1.165, 1.54) is 5.57 Å². The molecule has 0 spiro atoms. The Balaban J connectivity index is 2.70. The minimum atomic E-state index is 1.05. The molecule has 0 bridgehead atoms. The first-order chi connectivity index (χ1) is 8.04. The predicted molar refractivity (Wildman–Crippen MR) is 75.9 cm³/mol. The lowest BCUT2D eigenvalue weighted by atomic mass is 10.1. The highest BCUT2D eigenvalue weighted by Crippen LogP contribution is 2.16. The summed E-state index contributed by atoms with van der Waals surface area (Å²) in [6.45, 7) is 16.6. The number of hydrogen-bond acceptors (Lipinski definition) is 2. The lowest BCUT2D eigenvalue weighted by molar-refractivity contribution is 0.189. The van der Waals surface area contributed by atoms with Crippen LogP contribution in [0.25, 0.3) is 0 Å². The van der Waals surface area contributed by atoms with Crippen LogP contribution in [-0.4, -0.2) is 43.0 Å². The molecule has 1 saturated heterocycles. The van der Waals surface area contributed by atoms with Crippen LogP contribution in [0.15, 0.2) is 48.2 Å². The summed E-state index contributed by atoms with van der Waals surface area (Å²) >= 11 is 0. The molecule has 0 aromatic carbocycles. The Morgan fingerprint density at radius 3 is 2.12 bits per heavy atom. The highest BCUT2D eigenvalue weighted by Gasteiger charge is 2.15. The monoisotopic (exact) mass is 232 g/mol. The molecule has 0 saturated carbocycles. The molecular formula is C15H24N2. The van der Waals surface area contributed by atoms with Crippen molar-refractivity contribution in [2.45, 2.75) is 13.8 Å². The van der Waals surface area contributed by atoms with Gasteiger partial charge in [0.15, 0.2) is 0 Å². The van der Waals surface area contributed by atoms with Crippen LogP contribution < -0.4 is 0 Å². The maximum absolute atomic E-state index is 4.19. The topological polar surface area (TPSA) is 6.48 Å². The fourth-order valence-corrected chi connectivity index (χ4v) is 1.80. The Morgan fingerprint density at radius 1 is 1.06 bits per heavy atom. The van der Waals surface area contributed by atoms with Crippen LogP contribution in [0.2, 0.25) is 0 Å². The normalized spacial score (nSPS) is 17.8. The molecule has 0 radical (unpaired) electrons. The molecule has 94 valence electrons. The van der Waals surface area contributed by atoms with Crippen LogP contribution in [0.4, 0.5) is 0 Å². The third-order valence-corrected chi connectivity index (χ3v) is 3.03. The molecule has 1 fully saturated rings. The molecule has 0 amide bonds. The van der Waals surface area contributed by atoms with E-state index in [-0.39, 0.29) is 0 Å². The number of hydrogen-bond donors (Lipinski definition) is 0. The quantitative estimate of drug-likeness (QED) is 0.688. The number of allylic oxidation sites excluding steroid dienone is 4. The second-order valence-corrected chi connectivity index (χ2v) is 4.81. The Labute approximate surface area is 106 Å². The predicted octanol–water partition coefficient (Wildman–Crippen LogP) is 2.83. The summed E-state index contributed by atoms with van der Waals surface area (Å²) in [5, 5.41) is 0. The van der Waals surface area contributed by atoms with Gasteiger partial charge in [0.1, 0.15) is 0 Å². The van der Waals surface area contributed by atoms with E-state index in [1.54, 1.807) is 0 Å². The average Bonchev–Trinajstić information content (AvgIpc) is 2.30. The van der Waals surface area contributed by atoms with Crippen molar-refractivity contribution >= 4 is 0 Å². The Kier molecular flexibility index (Phi) is 5.23. The molecule has 0 unspecified atom stereocenters. The van der Waals surface area contributed by atoms with Gasteiger partial charge in [0.05, 0.1) is 0 Å². The fourth-order valence-electron chi connectivity index (χ4n) is 1.80. The van der Waals surface area contributed by atoms with Crippen LogP contribution in [-0.2, 0) is 0 Å². The average molecular weight is 232 g/mol. The second-order valence-electron chi connectivity index (χ2n) is 4.81. The summed E-state index contributed by atoms with van der Waals surface area (Å²) in [4.78, 5) is 4.68. The molecule has 2 nitrogen and oxygen atoms in total. The highest BCUT2D eigenvalue weighted by atomic mass is 15.2. The van der Waals surface area contributed by atoms with E-state index in [4.69, 9.17) is 0 Å². The van der Waals surface area contributed by atoms with Crippen molar-refractivity contribution in [3.63, 3.8) is 0 Å². The number of piperazine rings is 1. The van der Waals surface area contributed by atoms with E-state index in [1.807, 2.05) is 6.08 Å². The molecule has 17 heavy (non-hydrogen) atoms. The van der Waals surface area contributed by atoms with E-state index in [0.29, 0.717) is 0 Å². The molecule has 1 aliphatic rings. The Bertz CT molecular complexity index is 338. The van der Waals surface area contributed by atoms with Crippen LogP contribution in [0, 0.1) is 0 Å². The van der Waals surface area contributed by atoms with E-state index >= 15 is 0 Å². The van der Waals surface area contributed by atoms with Crippen LogP contribution in [0.3, 0.4) is 0 Å². The van der Waals surface area contributed by atoms with Crippen LogP contribution >= 0.6 is 0 Å². The summed E-state index contributed by atoms with van der Waals surface area (Å²) in [6, 6.07) is 0. The van der Waals surface area contributed by atoms with Crippen LogP contribution in [0.5, 0.6) is 0 Å². The van der Waals surface area contributed by atoms with Crippen LogP contribution in [0.1, 0.15) is 13.8 Å². The van der Waals surface area contributed by atoms with Crippen molar-refractivity contribution in [3.8, 4) is 0 Å². The van der Waals surface area contributed by atoms with E-state index in [2.05, 4.69) is 56.0 Å². The lowest BCUT2D eigenvalue weighted by Crippen LogP contribution is -2.43. The van der Waals surface area contributed by atoms with Gasteiger partial charge in [0, 0.05) is 31.9 Å². The minimum Gasteiger partial charge on any atom is -0.369 e. The summed E-state index contributed by atoms with van der Waals surface area (Å²) in [5.41, 5.74) is 3.50. The van der Waals surface area contributed by atoms with Gasteiger partial charge in [-0.05, 0) is 26.5 Å². The van der Waals surface area contributed by atoms with E-state index < -0.39 is 0 Å². The third kappa shape index (κ3) is 4.23. The van der Waals surface area contributed by atoms with Crippen molar-refractivity contribution in [1.82, 2.24) is 9.80 Å². The van der Waals surface area contributed by atoms with Gasteiger partial charge in [-0.2, -0.15) is 0 Å². The van der Waals surface area contributed by atoms with Gasteiger partial charge in [-0.3, -0.25) is 0 Å². The van der Waals surface area contributed by atoms with Crippen molar-refractivity contribution in [3.05, 3.63) is 48.2 Å². The summed E-state index contributed by atoms with van der Waals surface area (Å²) < 4.78 is 0. The van der Waals surface area contributed by atoms with Crippen molar-refractivity contribution in [2.24, 2.45) is 0 Å². The first-order valence-corrected chi connectivity index (χ1v) is 6.15. The zero-order chi connectivity index (χ0) is 12.8. The van der Waals surface area contributed by atoms with Gasteiger partial charge in [0.2, 0.25) is 0 Å². The van der Waals surface area contributed by atoms with Gasteiger partial charge < -0.3 is 9.80 Å². The lowest BCUT2D eigenvalue weighted by Gasteiger charge is -2.35. The molecule has 1 aliphatic heterocycles. The molecule has 1 rings (SSSR count). The van der Waals surface area contributed by atoms with Gasteiger partial charge in [-0.15, -0.1) is 0 Å². The maximum Gasteiger partial charge on any atom is 0.0367 e. The third-order valence-electron chi connectivity index (χ3n) is 3.03. The van der Waals surface area contributed by atoms with Gasteiger partial charge >= 0.3 is 0 Å². The Morgan fingerprint density at radius 2 is 1.65 bits per heavy atom. The largest absolute Gasteiger partial charge is 0.369 e. The molecular weight excluding hydrogens is 208 g/mol. The first kappa shape index (κ1) is 13.8. The van der Waals surface area contributed by atoms with Gasteiger partial charge in [-0.25, -0.2) is 0 Å². The Hall–Kier alpha value is -1.28. The summed E-state index contributed by atoms with van der Waals surface area (Å²) in [6.07, 6.45) is 6.10. The number of rotatable bonds is 4. The SMILES string of the molecule is C=C/C(=C\C=C(C)C)C(=C)N1CCN(C)CC1. The van der Waals surface area contributed by atoms with E-state index in [0.717, 1.165) is 37.4 Å². The zero-order valence-electron chi connectivity index (χ0n) is 11.4. The van der Waals surface area contributed by atoms with Gasteiger partial charge in [-0.1, -0.05) is 37.0 Å². The highest BCUT2D eigenvalue weighted by molar-refractivity contribution is 5.39. The summed E-state index contributed by atoms with van der Waals surface area (Å²) in [5.74, 6) is 0. The fraction of sp³-hybridized carbons (Fsp3) is 0.467. The molecule has 0 aromatic rings. The standard InChI is InChI=1S/C15H24N2/c1-6-15(8-7-13(2)3)14(4)17-11-9-16(5)10-12-17/h6-8H,1,4,9-12H2,2-3,5H3/b15-8+. The van der Waals surface area contributed by atoms with Crippen molar-refractivity contribution < 1.29 is 0 Å². The zero-order valence-corrected chi connectivity index (χ0v) is 11.4. The number of nitrogens with zero attached hydrogens (tertiary/aromatic N) is 2. The smallest absolute Gasteiger partial charge is 0.0367 e. The molecule has 0 atom stereocenters. The molecule has 0 aliphatic carbocycles. The molecule has 2 heteroatoms. The minimum absolute atomic E-state index is 1.05. The second kappa shape index (κ2) is 6.45. The number of likely N-dealkylation sites (N-methyl/N-ethyl adjacent to an activating group) is 1. The first-order valence-electron chi connectivity index (χ1n) is 6.15. The summed E-state index contributed by atoms with van der Waals surface area (Å²) in [7, 11) is 2.16. The van der Waals surface area contributed by atoms with Crippen molar-refractivity contribution in [2.75, 3.05) is 33.2 Å².